The molecular weight excluding hydrogens is 422 g/mol. The molecular formula is C22H22F2N4O2S. The number of rotatable bonds is 3. The maximum atomic E-state index is 14.7. The number of nitrogens with one attached hydrogen (secondary N) is 1. The molecule has 0 aromatic carbocycles. The summed E-state index contributed by atoms with van der Waals surface area (Å²) in [5, 5.41) is 20.1. The van der Waals surface area contributed by atoms with E-state index in [0.29, 0.717) is 17.0 Å². The van der Waals surface area contributed by atoms with Crippen LogP contribution in [0.4, 0.5) is 8.78 Å². The fourth-order valence-electron chi connectivity index (χ4n) is 4.65. The Hall–Kier alpha value is -2.54. The largest absolute Gasteiger partial charge is 0.375 e. The molecule has 2 fully saturated rings. The normalized spacial score (nSPS) is 34.4. The summed E-state index contributed by atoms with van der Waals surface area (Å²) in [5.41, 5.74) is 2.22. The summed E-state index contributed by atoms with van der Waals surface area (Å²) in [6.07, 6.45) is 5.61. The summed E-state index contributed by atoms with van der Waals surface area (Å²) in [5.74, 6) is -5.46. The van der Waals surface area contributed by atoms with Gasteiger partial charge >= 0.3 is 0 Å². The molecule has 6 nitrogen and oxygen atoms in total. The summed E-state index contributed by atoms with van der Waals surface area (Å²) in [7, 11) is -1.95. The first-order valence-electron chi connectivity index (χ1n) is 9.95. The molecule has 2 aromatic heterocycles. The van der Waals surface area contributed by atoms with Crippen molar-refractivity contribution in [3.8, 4) is 17.2 Å². The molecule has 162 valence electrons. The van der Waals surface area contributed by atoms with Crippen LogP contribution in [0.2, 0.25) is 0 Å². The van der Waals surface area contributed by atoms with E-state index < -0.39 is 46.0 Å². The highest BCUT2D eigenvalue weighted by atomic mass is 32.2. The molecule has 0 amide bonds. The Kier molecular flexibility index (Phi) is 5.50. The Bertz CT molecular complexity index is 1090. The number of pyridine rings is 2. The zero-order valence-corrected chi connectivity index (χ0v) is 17.8. The molecule has 5 unspecified atom stereocenters. The third-order valence-electron chi connectivity index (χ3n) is 6.32. The van der Waals surface area contributed by atoms with Gasteiger partial charge in [-0.1, -0.05) is 19.1 Å². The van der Waals surface area contributed by atoms with Crippen LogP contribution in [0.25, 0.3) is 17.2 Å². The van der Waals surface area contributed by atoms with Crippen LogP contribution in [-0.2, 0) is 11.0 Å². The molecule has 2 N–H and O–H groups in total. The molecule has 4 rings (SSSR count). The van der Waals surface area contributed by atoms with Crippen LogP contribution in [0.1, 0.15) is 31.7 Å². The SMILES string of the molecule is CC1NS(=O)C2(O)CC(F)(F)C(C)[C@H](/C=C/c3ccc(-c4cccnc4C#N)cn3)C12. The molecule has 31 heavy (non-hydrogen) atoms. The van der Waals surface area contributed by atoms with Crippen LogP contribution >= 0.6 is 0 Å². The Morgan fingerprint density at radius 2 is 2.10 bits per heavy atom. The smallest absolute Gasteiger partial charge is 0.254 e. The van der Waals surface area contributed by atoms with E-state index in [4.69, 9.17) is 0 Å². The van der Waals surface area contributed by atoms with Crippen LogP contribution in [0.15, 0.2) is 42.7 Å². The van der Waals surface area contributed by atoms with E-state index in [-0.39, 0.29) is 6.04 Å². The molecule has 6 atom stereocenters. The molecule has 9 heteroatoms. The lowest BCUT2D eigenvalue weighted by Gasteiger charge is -2.46. The van der Waals surface area contributed by atoms with Gasteiger partial charge in [-0.3, -0.25) is 4.98 Å². The van der Waals surface area contributed by atoms with Crippen LogP contribution in [0, 0.1) is 29.1 Å². The lowest BCUT2D eigenvalue weighted by molar-refractivity contribution is -0.164. The predicted molar refractivity (Wildman–Crippen MR) is 113 cm³/mol. The van der Waals surface area contributed by atoms with Gasteiger partial charge in [0.1, 0.15) is 22.7 Å². The number of fused-ring (bicyclic) bond motifs is 1. The number of aliphatic hydroxyl groups is 1. The van der Waals surface area contributed by atoms with Crippen molar-refractivity contribution in [1.82, 2.24) is 14.7 Å². The van der Waals surface area contributed by atoms with Crippen molar-refractivity contribution in [1.29, 1.82) is 5.26 Å². The highest BCUT2D eigenvalue weighted by Gasteiger charge is 2.65. The van der Waals surface area contributed by atoms with Gasteiger partial charge < -0.3 is 5.11 Å². The van der Waals surface area contributed by atoms with Crippen molar-refractivity contribution in [2.45, 2.75) is 37.2 Å². The number of allylic oxidation sites excluding steroid dienone is 1. The molecule has 3 heterocycles. The van der Waals surface area contributed by atoms with Gasteiger partial charge in [0, 0.05) is 41.4 Å². The van der Waals surface area contributed by atoms with Crippen LogP contribution in [-0.4, -0.2) is 36.2 Å². The maximum absolute atomic E-state index is 14.7. The molecule has 1 aliphatic carbocycles. The number of aromatic nitrogens is 2. The minimum absolute atomic E-state index is 0.292. The van der Waals surface area contributed by atoms with Gasteiger partial charge in [0.15, 0.2) is 4.93 Å². The molecule has 0 radical (unpaired) electrons. The van der Waals surface area contributed by atoms with Crippen molar-refractivity contribution in [2.75, 3.05) is 0 Å². The molecule has 1 aliphatic heterocycles. The van der Waals surface area contributed by atoms with Gasteiger partial charge in [0.25, 0.3) is 5.92 Å². The number of nitrogens with zero attached hydrogens (tertiary/aromatic N) is 3. The second-order valence-electron chi connectivity index (χ2n) is 8.19. The van der Waals surface area contributed by atoms with Crippen LogP contribution in [0.5, 0.6) is 0 Å². The van der Waals surface area contributed by atoms with E-state index in [9.17, 15) is 23.4 Å². The Labute approximate surface area is 181 Å². The zero-order valence-electron chi connectivity index (χ0n) is 17.0. The number of hydrogen-bond acceptors (Lipinski definition) is 5. The van der Waals surface area contributed by atoms with E-state index in [1.807, 2.05) is 6.07 Å². The van der Waals surface area contributed by atoms with Crippen LogP contribution in [0.3, 0.4) is 0 Å². The van der Waals surface area contributed by atoms with Gasteiger partial charge in [-0.2, -0.15) is 5.26 Å². The van der Waals surface area contributed by atoms with E-state index in [1.165, 1.54) is 6.92 Å². The maximum Gasteiger partial charge on any atom is 0.254 e. The number of nitriles is 1. The molecule has 1 saturated carbocycles. The lowest BCUT2D eigenvalue weighted by Crippen LogP contribution is -2.56. The van der Waals surface area contributed by atoms with E-state index >= 15 is 0 Å². The molecule has 2 aromatic rings. The van der Waals surface area contributed by atoms with Gasteiger partial charge in [-0.05, 0) is 37.1 Å². The van der Waals surface area contributed by atoms with Gasteiger partial charge in [0.05, 0.1) is 12.1 Å². The minimum Gasteiger partial charge on any atom is -0.375 e. The summed E-state index contributed by atoms with van der Waals surface area (Å²) in [4.78, 5) is 6.42. The quantitative estimate of drug-likeness (QED) is 0.757. The number of halogens is 2. The fourth-order valence-corrected chi connectivity index (χ4v) is 6.27. The van der Waals surface area contributed by atoms with Crippen molar-refractivity contribution >= 4 is 17.1 Å². The highest BCUT2D eigenvalue weighted by Crippen LogP contribution is 2.54. The highest BCUT2D eigenvalue weighted by molar-refractivity contribution is 7.84. The zero-order chi connectivity index (χ0) is 22.4. The van der Waals surface area contributed by atoms with Crippen LogP contribution < -0.4 is 4.72 Å². The third kappa shape index (κ3) is 3.69. The fraction of sp³-hybridized carbons (Fsp3) is 0.409. The van der Waals surface area contributed by atoms with Crippen molar-refractivity contribution in [3.63, 3.8) is 0 Å². The first kappa shape index (κ1) is 21.7. The predicted octanol–water partition coefficient (Wildman–Crippen LogP) is 3.28. The Morgan fingerprint density at radius 1 is 1.32 bits per heavy atom. The average molecular weight is 445 g/mol. The van der Waals surface area contributed by atoms with Crippen molar-refractivity contribution in [3.05, 3.63) is 54.1 Å². The molecule has 0 spiro atoms. The van der Waals surface area contributed by atoms with E-state index in [1.54, 1.807) is 55.7 Å². The minimum atomic E-state index is -3.15. The third-order valence-corrected chi connectivity index (χ3v) is 7.97. The standard InChI is InChI=1S/C22H22F2N4O2S/c1-13-17(20-14(2)28-31(30)22(20,29)12-21(13,23)24)8-7-16-6-5-15(11-27-16)18-4-3-9-26-19(18)10-25/h3-9,11,13-14,17,20,28-29H,12H2,1-2H3/b8-7+/t13?,14?,17-,20?,22?,31?/m0/s1. The summed E-state index contributed by atoms with van der Waals surface area (Å²) >= 11 is 0. The summed E-state index contributed by atoms with van der Waals surface area (Å²) in [6, 6.07) is 8.70. The van der Waals surface area contributed by atoms with Gasteiger partial charge in [-0.15, -0.1) is 0 Å². The molecule has 1 saturated heterocycles. The molecule has 0 bridgehead atoms. The Balaban J connectivity index is 1.62. The second kappa shape index (κ2) is 7.86. The number of alkyl halides is 2. The summed E-state index contributed by atoms with van der Waals surface area (Å²) in [6.45, 7) is 3.22. The molecule has 2 aliphatic rings. The van der Waals surface area contributed by atoms with Gasteiger partial charge in [-0.25, -0.2) is 22.7 Å². The van der Waals surface area contributed by atoms with E-state index in [2.05, 4.69) is 14.7 Å². The van der Waals surface area contributed by atoms with Crippen molar-refractivity contribution < 1.29 is 18.1 Å². The Morgan fingerprint density at radius 3 is 2.77 bits per heavy atom. The average Bonchev–Trinajstić information content (AvgIpc) is 2.96. The summed E-state index contributed by atoms with van der Waals surface area (Å²) < 4.78 is 44.4. The second-order valence-corrected chi connectivity index (χ2v) is 9.67. The first-order chi connectivity index (χ1) is 14.7. The lowest BCUT2D eigenvalue weighted by atomic mass is 9.66. The monoisotopic (exact) mass is 444 g/mol. The first-order valence-corrected chi connectivity index (χ1v) is 11.1. The number of hydrogen-bond donors (Lipinski definition) is 2. The van der Waals surface area contributed by atoms with Gasteiger partial charge in [0.2, 0.25) is 0 Å². The topological polar surface area (TPSA) is 98.9 Å². The van der Waals surface area contributed by atoms with E-state index in [0.717, 1.165) is 5.56 Å². The van der Waals surface area contributed by atoms with Crippen molar-refractivity contribution in [2.24, 2.45) is 17.8 Å².